The van der Waals surface area contributed by atoms with Crippen molar-refractivity contribution >= 4 is 27.8 Å². The Morgan fingerprint density at radius 3 is 2.73 bits per heavy atom. The zero-order valence-electron chi connectivity index (χ0n) is 13.1. The number of hydrogen-bond acceptors (Lipinski definition) is 5. The number of nitrogen functional groups attached to an aromatic ring is 1. The number of benzene rings is 1. The quantitative estimate of drug-likeness (QED) is 0.784. The maximum absolute atomic E-state index is 6.09. The molecule has 0 unspecified atom stereocenters. The summed E-state index contributed by atoms with van der Waals surface area (Å²) in [5.74, 6) is 2.04. The molecule has 2 heterocycles. The zero-order chi connectivity index (χ0) is 15.7. The molecule has 3 aromatic rings. The molecule has 22 heavy (non-hydrogen) atoms. The standard InChI is InChI=1S/C16H20N4O2/c1-4-21-9-12-19-14-15(20(12)3)13-10(18-16(14)17)7-6-8-11(13)22-5-2/h6-8H,4-5,9H2,1-3H3,(H2,17,18). The SMILES string of the molecule is CCOCc1nc2c(N)nc3cccc(OCC)c3c2n1C. The molecule has 2 aromatic heterocycles. The number of anilines is 1. The highest BCUT2D eigenvalue weighted by Crippen LogP contribution is 2.34. The molecule has 0 atom stereocenters. The van der Waals surface area contributed by atoms with Gasteiger partial charge in [-0.3, -0.25) is 0 Å². The summed E-state index contributed by atoms with van der Waals surface area (Å²) in [7, 11) is 1.96. The third-order valence-corrected chi connectivity index (χ3v) is 3.65. The summed E-state index contributed by atoms with van der Waals surface area (Å²) in [5, 5.41) is 0.936. The number of nitrogens with zero attached hydrogens (tertiary/aromatic N) is 3. The second-order valence-corrected chi connectivity index (χ2v) is 5.00. The van der Waals surface area contributed by atoms with Gasteiger partial charge in [0.25, 0.3) is 0 Å². The number of ether oxygens (including phenoxy) is 2. The lowest BCUT2D eigenvalue weighted by atomic mass is 10.1. The van der Waals surface area contributed by atoms with Crippen molar-refractivity contribution in [1.29, 1.82) is 0 Å². The van der Waals surface area contributed by atoms with E-state index in [0.29, 0.717) is 31.2 Å². The van der Waals surface area contributed by atoms with Gasteiger partial charge in [-0.1, -0.05) is 6.07 Å². The van der Waals surface area contributed by atoms with Gasteiger partial charge in [0.2, 0.25) is 0 Å². The molecule has 0 aliphatic carbocycles. The van der Waals surface area contributed by atoms with Gasteiger partial charge in [-0.2, -0.15) is 0 Å². The van der Waals surface area contributed by atoms with Crippen LogP contribution in [0.25, 0.3) is 21.9 Å². The van der Waals surface area contributed by atoms with Gasteiger partial charge >= 0.3 is 0 Å². The second-order valence-electron chi connectivity index (χ2n) is 5.00. The van der Waals surface area contributed by atoms with E-state index < -0.39 is 0 Å². The van der Waals surface area contributed by atoms with E-state index >= 15 is 0 Å². The highest BCUT2D eigenvalue weighted by molar-refractivity contribution is 6.09. The molecule has 1 aromatic carbocycles. The van der Waals surface area contributed by atoms with Gasteiger partial charge in [0, 0.05) is 13.7 Å². The third-order valence-electron chi connectivity index (χ3n) is 3.65. The number of rotatable bonds is 5. The zero-order valence-corrected chi connectivity index (χ0v) is 13.1. The van der Waals surface area contributed by atoms with Crippen molar-refractivity contribution in [3.05, 3.63) is 24.0 Å². The van der Waals surface area contributed by atoms with E-state index in [-0.39, 0.29) is 0 Å². The maximum atomic E-state index is 6.09. The van der Waals surface area contributed by atoms with E-state index in [1.165, 1.54) is 0 Å². The Bertz CT molecular complexity index is 826. The van der Waals surface area contributed by atoms with Crippen LogP contribution in [0, 0.1) is 0 Å². The lowest BCUT2D eigenvalue weighted by molar-refractivity contribution is 0.126. The first-order valence-corrected chi connectivity index (χ1v) is 7.41. The first kappa shape index (κ1) is 14.6. The predicted molar refractivity (Wildman–Crippen MR) is 86.9 cm³/mol. The van der Waals surface area contributed by atoms with E-state index in [1.807, 2.05) is 43.7 Å². The predicted octanol–water partition coefficient (Wildman–Crippen LogP) is 2.64. The van der Waals surface area contributed by atoms with Gasteiger partial charge in [-0.25, -0.2) is 9.97 Å². The summed E-state index contributed by atoms with van der Waals surface area (Å²) < 4.78 is 13.3. The molecule has 0 saturated heterocycles. The molecule has 0 aliphatic rings. The van der Waals surface area contributed by atoms with Crippen molar-refractivity contribution in [2.45, 2.75) is 20.5 Å². The fraction of sp³-hybridized carbons (Fsp3) is 0.375. The Kier molecular flexibility index (Phi) is 3.85. The van der Waals surface area contributed by atoms with Crippen LogP contribution in [0.2, 0.25) is 0 Å². The van der Waals surface area contributed by atoms with Crippen molar-refractivity contribution in [2.24, 2.45) is 7.05 Å². The Balaban J connectivity index is 2.34. The van der Waals surface area contributed by atoms with E-state index in [1.54, 1.807) is 0 Å². The van der Waals surface area contributed by atoms with Gasteiger partial charge in [-0.15, -0.1) is 0 Å². The van der Waals surface area contributed by atoms with Crippen molar-refractivity contribution in [2.75, 3.05) is 18.9 Å². The van der Waals surface area contributed by atoms with Crippen molar-refractivity contribution in [3.8, 4) is 5.75 Å². The van der Waals surface area contributed by atoms with Crippen LogP contribution in [0.5, 0.6) is 5.75 Å². The minimum absolute atomic E-state index is 0.425. The number of imidazole rings is 1. The Morgan fingerprint density at radius 2 is 2.00 bits per heavy atom. The van der Waals surface area contributed by atoms with Crippen LogP contribution < -0.4 is 10.5 Å². The van der Waals surface area contributed by atoms with Gasteiger partial charge in [0.1, 0.15) is 23.7 Å². The van der Waals surface area contributed by atoms with Crippen LogP contribution in [0.4, 0.5) is 5.82 Å². The lowest BCUT2D eigenvalue weighted by Crippen LogP contribution is -2.02. The van der Waals surface area contributed by atoms with E-state index in [2.05, 4.69) is 9.97 Å². The number of pyridine rings is 1. The van der Waals surface area contributed by atoms with Crippen LogP contribution in [0.3, 0.4) is 0 Å². The summed E-state index contributed by atoms with van der Waals surface area (Å²) in [6.07, 6.45) is 0. The smallest absolute Gasteiger partial charge is 0.152 e. The van der Waals surface area contributed by atoms with E-state index in [4.69, 9.17) is 15.2 Å². The van der Waals surface area contributed by atoms with Crippen LogP contribution in [0.1, 0.15) is 19.7 Å². The van der Waals surface area contributed by atoms with Crippen LogP contribution in [0.15, 0.2) is 18.2 Å². The molecule has 0 spiro atoms. The van der Waals surface area contributed by atoms with Crippen LogP contribution >= 0.6 is 0 Å². The molecule has 0 amide bonds. The minimum Gasteiger partial charge on any atom is -0.493 e. The molecule has 0 aliphatic heterocycles. The molecule has 6 heteroatoms. The fourth-order valence-corrected chi connectivity index (χ4v) is 2.64. The van der Waals surface area contributed by atoms with Crippen molar-refractivity contribution < 1.29 is 9.47 Å². The normalized spacial score (nSPS) is 11.4. The molecule has 0 fully saturated rings. The van der Waals surface area contributed by atoms with Gasteiger partial charge in [0.15, 0.2) is 5.82 Å². The largest absolute Gasteiger partial charge is 0.493 e. The Morgan fingerprint density at radius 1 is 1.18 bits per heavy atom. The number of aromatic nitrogens is 3. The van der Waals surface area contributed by atoms with Crippen molar-refractivity contribution in [1.82, 2.24) is 14.5 Å². The summed E-state index contributed by atoms with van der Waals surface area (Å²) >= 11 is 0. The average molecular weight is 300 g/mol. The van der Waals surface area contributed by atoms with Gasteiger partial charge < -0.3 is 19.8 Å². The molecule has 0 saturated carbocycles. The minimum atomic E-state index is 0.425. The van der Waals surface area contributed by atoms with Crippen LogP contribution in [-0.4, -0.2) is 27.7 Å². The summed E-state index contributed by atoms with van der Waals surface area (Å²) in [5.41, 5.74) is 8.52. The topological polar surface area (TPSA) is 75.2 Å². The molecule has 0 radical (unpaired) electrons. The first-order valence-electron chi connectivity index (χ1n) is 7.41. The monoisotopic (exact) mass is 300 g/mol. The third kappa shape index (κ3) is 2.25. The van der Waals surface area contributed by atoms with Gasteiger partial charge in [0.05, 0.1) is 23.0 Å². The van der Waals surface area contributed by atoms with Crippen molar-refractivity contribution in [3.63, 3.8) is 0 Å². The molecule has 6 nitrogen and oxygen atoms in total. The average Bonchev–Trinajstić information content (AvgIpc) is 2.84. The lowest BCUT2D eigenvalue weighted by Gasteiger charge is -2.10. The van der Waals surface area contributed by atoms with Gasteiger partial charge in [-0.05, 0) is 26.0 Å². The Labute approximate surface area is 128 Å². The number of nitrogens with two attached hydrogens (primary N) is 1. The second kappa shape index (κ2) is 5.81. The van der Waals surface area contributed by atoms with Crippen LogP contribution in [-0.2, 0) is 18.4 Å². The van der Waals surface area contributed by atoms with E-state index in [9.17, 15) is 0 Å². The summed E-state index contributed by atoms with van der Waals surface area (Å²) in [6.45, 7) is 5.60. The first-order chi connectivity index (χ1) is 10.7. The molecule has 3 rings (SSSR count). The molecule has 2 N–H and O–H groups in total. The highest BCUT2D eigenvalue weighted by atomic mass is 16.5. The number of aryl methyl sites for hydroxylation is 1. The molecule has 116 valence electrons. The summed E-state index contributed by atoms with van der Waals surface area (Å²) in [6, 6.07) is 5.80. The number of fused-ring (bicyclic) bond motifs is 3. The highest BCUT2D eigenvalue weighted by Gasteiger charge is 2.17. The molecular formula is C16H20N4O2. The maximum Gasteiger partial charge on any atom is 0.152 e. The molecule has 0 bridgehead atoms. The summed E-state index contributed by atoms with van der Waals surface area (Å²) in [4.78, 5) is 9.06. The Hall–Kier alpha value is -2.34. The molecular weight excluding hydrogens is 280 g/mol. The number of hydrogen-bond donors (Lipinski definition) is 1. The van der Waals surface area contributed by atoms with E-state index in [0.717, 1.165) is 28.0 Å². The fourth-order valence-electron chi connectivity index (χ4n) is 2.64.